The van der Waals surface area contributed by atoms with Gasteiger partial charge in [-0.1, -0.05) is 12.1 Å². The Morgan fingerprint density at radius 1 is 1.56 bits per heavy atom. The molecule has 1 aromatic carbocycles. The van der Waals surface area contributed by atoms with Crippen LogP contribution in [0, 0.1) is 6.92 Å². The lowest BCUT2D eigenvalue weighted by Crippen LogP contribution is -2.03. The Kier molecular flexibility index (Phi) is 4.55. The van der Waals surface area contributed by atoms with Crippen LogP contribution in [0.4, 0.5) is 5.69 Å². The number of rotatable bonds is 4. The summed E-state index contributed by atoms with van der Waals surface area (Å²) in [7, 11) is 0. The highest BCUT2D eigenvalue weighted by atomic mass is 79.9. The van der Waals surface area contributed by atoms with E-state index in [1.54, 1.807) is 13.0 Å². The predicted octanol–water partition coefficient (Wildman–Crippen LogP) is 3.20. The van der Waals surface area contributed by atoms with Crippen LogP contribution in [0.1, 0.15) is 12.5 Å². The van der Waals surface area contributed by atoms with Gasteiger partial charge in [0.05, 0.1) is 0 Å². The van der Waals surface area contributed by atoms with Crippen molar-refractivity contribution in [2.45, 2.75) is 13.8 Å². The van der Waals surface area contributed by atoms with Crippen molar-refractivity contribution in [3.8, 4) is 0 Å². The summed E-state index contributed by atoms with van der Waals surface area (Å²) in [6, 6.07) is 5.97. The fourth-order valence-corrected chi connectivity index (χ4v) is 1.80. The van der Waals surface area contributed by atoms with E-state index in [1.165, 1.54) is 5.56 Å². The standard InChI is InChI=1S/C12H14BrNO2/c1-8-3-4-11(10(13)7-8)14-6-5-9(2)12(15)16/h3-5,7,14H,6H2,1-2H3,(H,15,16)/b9-5-. The molecular weight excluding hydrogens is 270 g/mol. The molecule has 3 nitrogen and oxygen atoms in total. The van der Waals surface area contributed by atoms with Gasteiger partial charge in [0.1, 0.15) is 0 Å². The SMILES string of the molecule is C/C(=C/CNc1ccc(C)cc1Br)C(=O)O. The average Bonchev–Trinajstić information content (AvgIpc) is 2.20. The van der Waals surface area contributed by atoms with Crippen molar-refractivity contribution in [2.24, 2.45) is 0 Å². The van der Waals surface area contributed by atoms with E-state index in [4.69, 9.17) is 5.11 Å². The Bertz CT molecular complexity index is 427. The Balaban J connectivity index is 2.62. The fraction of sp³-hybridized carbons (Fsp3) is 0.250. The third-order valence-corrected chi connectivity index (χ3v) is 2.82. The largest absolute Gasteiger partial charge is 0.478 e. The molecule has 0 heterocycles. The van der Waals surface area contributed by atoms with Gasteiger partial charge in [-0.3, -0.25) is 0 Å². The Morgan fingerprint density at radius 3 is 2.81 bits per heavy atom. The maximum atomic E-state index is 10.5. The van der Waals surface area contributed by atoms with Crippen LogP contribution in [-0.4, -0.2) is 17.6 Å². The monoisotopic (exact) mass is 283 g/mol. The van der Waals surface area contributed by atoms with Crippen LogP contribution in [0.5, 0.6) is 0 Å². The summed E-state index contributed by atoms with van der Waals surface area (Å²) < 4.78 is 0.980. The molecule has 0 amide bonds. The van der Waals surface area contributed by atoms with E-state index in [2.05, 4.69) is 21.2 Å². The molecule has 0 atom stereocenters. The summed E-state index contributed by atoms with van der Waals surface area (Å²) in [5.74, 6) is -0.884. The average molecular weight is 284 g/mol. The quantitative estimate of drug-likeness (QED) is 0.835. The highest BCUT2D eigenvalue weighted by Crippen LogP contribution is 2.23. The number of hydrogen-bond donors (Lipinski definition) is 2. The molecule has 0 aliphatic carbocycles. The van der Waals surface area contributed by atoms with E-state index in [-0.39, 0.29) is 0 Å². The molecule has 4 heteroatoms. The highest BCUT2D eigenvalue weighted by molar-refractivity contribution is 9.10. The van der Waals surface area contributed by atoms with E-state index in [0.717, 1.165) is 10.2 Å². The lowest BCUT2D eigenvalue weighted by atomic mass is 10.2. The molecule has 1 rings (SSSR count). The molecule has 0 saturated carbocycles. The third kappa shape index (κ3) is 3.70. The van der Waals surface area contributed by atoms with Gasteiger partial charge in [-0.25, -0.2) is 4.79 Å². The summed E-state index contributed by atoms with van der Waals surface area (Å²) in [4.78, 5) is 10.5. The van der Waals surface area contributed by atoms with Crippen molar-refractivity contribution < 1.29 is 9.90 Å². The molecule has 0 fully saturated rings. The second-order valence-corrected chi connectivity index (χ2v) is 4.41. The first-order valence-corrected chi connectivity index (χ1v) is 5.70. The number of nitrogens with one attached hydrogen (secondary N) is 1. The molecule has 0 spiro atoms. The summed E-state index contributed by atoms with van der Waals surface area (Å²) in [5.41, 5.74) is 2.48. The molecule has 0 aromatic heterocycles. The third-order valence-electron chi connectivity index (χ3n) is 2.16. The number of hydrogen-bond acceptors (Lipinski definition) is 2. The van der Waals surface area contributed by atoms with Gasteiger partial charge < -0.3 is 10.4 Å². The Labute approximate surface area is 103 Å². The van der Waals surface area contributed by atoms with Gasteiger partial charge in [-0.15, -0.1) is 0 Å². The summed E-state index contributed by atoms with van der Waals surface area (Å²) >= 11 is 3.44. The molecule has 0 aliphatic heterocycles. The zero-order chi connectivity index (χ0) is 12.1. The first-order valence-electron chi connectivity index (χ1n) is 4.91. The van der Waals surface area contributed by atoms with E-state index >= 15 is 0 Å². The predicted molar refractivity (Wildman–Crippen MR) is 68.8 cm³/mol. The molecule has 0 unspecified atom stereocenters. The van der Waals surface area contributed by atoms with Crippen LogP contribution in [0.25, 0.3) is 0 Å². The van der Waals surface area contributed by atoms with Gasteiger partial charge in [0.15, 0.2) is 0 Å². The maximum Gasteiger partial charge on any atom is 0.331 e. The molecule has 16 heavy (non-hydrogen) atoms. The number of carboxylic acid groups (broad SMARTS) is 1. The molecule has 0 radical (unpaired) electrons. The van der Waals surface area contributed by atoms with Gasteiger partial charge >= 0.3 is 5.97 Å². The van der Waals surface area contributed by atoms with Gasteiger partial charge in [0.25, 0.3) is 0 Å². The van der Waals surface area contributed by atoms with Crippen molar-refractivity contribution in [3.63, 3.8) is 0 Å². The van der Waals surface area contributed by atoms with E-state index in [9.17, 15) is 4.79 Å². The zero-order valence-electron chi connectivity index (χ0n) is 9.25. The second kappa shape index (κ2) is 5.70. The van der Waals surface area contributed by atoms with Crippen LogP contribution in [0.3, 0.4) is 0 Å². The molecule has 0 aliphatic rings. The minimum atomic E-state index is -0.884. The number of anilines is 1. The zero-order valence-corrected chi connectivity index (χ0v) is 10.8. The highest BCUT2D eigenvalue weighted by Gasteiger charge is 2.00. The minimum Gasteiger partial charge on any atom is -0.478 e. The van der Waals surface area contributed by atoms with E-state index in [1.807, 2.05) is 25.1 Å². The lowest BCUT2D eigenvalue weighted by Gasteiger charge is -2.07. The number of carboxylic acids is 1. The second-order valence-electron chi connectivity index (χ2n) is 3.56. The van der Waals surface area contributed by atoms with Crippen LogP contribution >= 0.6 is 15.9 Å². The molecule has 0 bridgehead atoms. The Morgan fingerprint density at radius 2 is 2.25 bits per heavy atom. The van der Waals surface area contributed by atoms with Crippen molar-refractivity contribution in [1.82, 2.24) is 0 Å². The first-order chi connectivity index (χ1) is 7.50. The van der Waals surface area contributed by atoms with E-state index < -0.39 is 5.97 Å². The normalized spacial score (nSPS) is 11.3. The van der Waals surface area contributed by atoms with Crippen LogP contribution < -0.4 is 5.32 Å². The van der Waals surface area contributed by atoms with Crippen LogP contribution in [-0.2, 0) is 4.79 Å². The lowest BCUT2D eigenvalue weighted by molar-refractivity contribution is -0.132. The summed E-state index contributed by atoms with van der Waals surface area (Å²) in [6.45, 7) is 4.09. The number of benzene rings is 1. The smallest absolute Gasteiger partial charge is 0.331 e. The number of halogens is 1. The maximum absolute atomic E-state index is 10.5. The molecule has 2 N–H and O–H groups in total. The van der Waals surface area contributed by atoms with Crippen LogP contribution in [0.2, 0.25) is 0 Å². The Hall–Kier alpha value is -1.29. The summed E-state index contributed by atoms with van der Waals surface area (Å²) in [5, 5.41) is 11.8. The molecule has 86 valence electrons. The minimum absolute atomic E-state index is 0.343. The van der Waals surface area contributed by atoms with Crippen molar-refractivity contribution in [3.05, 3.63) is 39.9 Å². The number of carbonyl (C=O) groups is 1. The van der Waals surface area contributed by atoms with E-state index in [0.29, 0.717) is 12.1 Å². The summed E-state index contributed by atoms with van der Waals surface area (Å²) in [6.07, 6.45) is 1.65. The van der Waals surface area contributed by atoms with Crippen LogP contribution in [0.15, 0.2) is 34.3 Å². The first kappa shape index (κ1) is 12.8. The van der Waals surface area contributed by atoms with Crippen molar-refractivity contribution in [1.29, 1.82) is 0 Å². The van der Waals surface area contributed by atoms with Gasteiger partial charge in [-0.2, -0.15) is 0 Å². The number of aliphatic carboxylic acids is 1. The van der Waals surface area contributed by atoms with Gasteiger partial charge in [0, 0.05) is 22.3 Å². The van der Waals surface area contributed by atoms with Gasteiger partial charge in [0.2, 0.25) is 0 Å². The fourth-order valence-electron chi connectivity index (χ4n) is 1.16. The van der Waals surface area contributed by atoms with Crippen molar-refractivity contribution >= 4 is 27.6 Å². The topological polar surface area (TPSA) is 49.3 Å². The van der Waals surface area contributed by atoms with Crippen molar-refractivity contribution in [2.75, 3.05) is 11.9 Å². The molecule has 1 aromatic rings. The van der Waals surface area contributed by atoms with Gasteiger partial charge in [-0.05, 0) is 47.5 Å². The number of aryl methyl sites for hydroxylation is 1. The molecular formula is C12H14BrNO2. The molecule has 0 saturated heterocycles.